The number of hydrogen-bond acceptors (Lipinski definition) is 6. The van der Waals surface area contributed by atoms with Crippen molar-refractivity contribution in [3.8, 4) is 11.5 Å². The summed E-state index contributed by atoms with van der Waals surface area (Å²) in [5, 5.41) is 16.8. The Morgan fingerprint density at radius 3 is 2.44 bits per heavy atom. The quantitative estimate of drug-likeness (QED) is 0.346. The molecule has 0 aliphatic carbocycles. The molecule has 0 saturated heterocycles. The van der Waals surface area contributed by atoms with Gasteiger partial charge in [-0.05, 0) is 61.4 Å². The highest BCUT2D eigenvalue weighted by Crippen LogP contribution is 2.29. The Hall–Kier alpha value is -4.07. The Morgan fingerprint density at radius 2 is 1.75 bits per heavy atom. The standard InChI is InChI=1S/C24H25N3O5/c1-3-31-23-14-18(15-25-19-8-10-21(11-9-19)27(29)30)7-12-22(23)32-16-24(28)26-20-6-4-5-17(2)13-20/h4-14,25H,3,15-16H2,1-2H3,(H,26,28). The molecule has 0 atom stereocenters. The molecule has 1 amide bonds. The summed E-state index contributed by atoms with van der Waals surface area (Å²) < 4.78 is 11.4. The third-order valence-electron chi connectivity index (χ3n) is 4.54. The first-order valence-corrected chi connectivity index (χ1v) is 10.2. The molecule has 0 aromatic heterocycles. The van der Waals surface area contributed by atoms with Crippen LogP contribution in [0.25, 0.3) is 0 Å². The highest BCUT2D eigenvalue weighted by atomic mass is 16.6. The lowest BCUT2D eigenvalue weighted by Gasteiger charge is -2.14. The number of amides is 1. The minimum Gasteiger partial charge on any atom is -0.490 e. The fourth-order valence-corrected chi connectivity index (χ4v) is 3.02. The molecule has 166 valence electrons. The van der Waals surface area contributed by atoms with E-state index in [2.05, 4.69) is 10.6 Å². The second-order valence-corrected chi connectivity index (χ2v) is 7.08. The number of carbonyl (C=O) groups is 1. The molecule has 3 aromatic carbocycles. The molecule has 8 nitrogen and oxygen atoms in total. The Balaban J connectivity index is 1.59. The largest absolute Gasteiger partial charge is 0.490 e. The van der Waals surface area contributed by atoms with E-state index in [1.54, 1.807) is 18.2 Å². The number of anilines is 2. The molecule has 0 saturated carbocycles. The Morgan fingerprint density at radius 1 is 0.969 bits per heavy atom. The summed E-state index contributed by atoms with van der Waals surface area (Å²) >= 11 is 0. The van der Waals surface area contributed by atoms with E-state index in [1.807, 2.05) is 50.2 Å². The van der Waals surface area contributed by atoms with E-state index in [0.717, 1.165) is 22.5 Å². The van der Waals surface area contributed by atoms with Gasteiger partial charge in [-0.1, -0.05) is 18.2 Å². The van der Waals surface area contributed by atoms with Crippen LogP contribution in [0.3, 0.4) is 0 Å². The number of carbonyl (C=O) groups excluding carboxylic acids is 1. The number of nitrogens with one attached hydrogen (secondary N) is 2. The highest BCUT2D eigenvalue weighted by Gasteiger charge is 2.10. The van der Waals surface area contributed by atoms with E-state index < -0.39 is 4.92 Å². The van der Waals surface area contributed by atoms with Gasteiger partial charge in [0.2, 0.25) is 0 Å². The van der Waals surface area contributed by atoms with Crippen LogP contribution in [0, 0.1) is 17.0 Å². The van der Waals surface area contributed by atoms with E-state index in [4.69, 9.17) is 9.47 Å². The van der Waals surface area contributed by atoms with Crippen LogP contribution in [-0.2, 0) is 11.3 Å². The predicted molar refractivity (Wildman–Crippen MR) is 123 cm³/mol. The Kier molecular flexibility index (Phi) is 7.64. The molecular weight excluding hydrogens is 410 g/mol. The van der Waals surface area contributed by atoms with E-state index in [-0.39, 0.29) is 18.2 Å². The lowest BCUT2D eigenvalue weighted by molar-refractivity contribution is -0.384. The summed E-state index contributed by atoms with van der Waals surface area (Å²) in [5.74, 6) is 0.756. The Bertz CT molecular complexity index is 1080. The van der Waals surface area contributed by atoms with E-state index in [9.17, 15) is 14.9 Å². The molecular formula is C24H25N3O5. The number of benzene rings is 3. The molecule has 32 heavy (non-hydrogen) atoms. The number of nitrogens with zero attached hydrogens (tertiary/aromatic N) is 1. The van der Waals surface area contributed by atoms with Crippen molar-refractivity contribution in [2.75, 3.05) is 23.8 Å². The first-order valence-electron chi connectivity index (χ1n) is 10.2. The van der Waals surface area contributed by atoms with Crippen molar-refractivity contribution in [3.63, 3.8) is 0 Å². The van der Waals surface area contributed by atoms with Crippen LogP contribution in [0.1, 0.15) is 18.1 Å². The maximum atomic E-state index is 12.2. The van der Waals surface area contributed by atoms with Crippen LogP contribution in [0.15, 0.2) is 66.7 Å². The third-order valence-corrected chi connectivity index (χ3v) is 4.54. The van der Waals surface area contributed by atoms with Gasteiger partial charge in [-0.3, -0.25) is 14.9 Å². The van der Waals surface area contributed by atoms with Crippen LogP contribution < -0.4 is 20.1 Å². The number of aryl methyl sites for hydroxylation is 1. The zero-order chi connectivity index (χ0) is 22.9. The summed E-state index contributed by atoms with van der Waals surface area (Å²) in [7, 11) is 0. The van der Waals surface area contributed by atoms with Crippen molar-refractivity contribution < 1.29 is 19.2 Å². The average molecular weight is 435 g/mol. The summed E-state index contributed by atoms with van der Waals surface area (Å²) in [6, 6.07) is 19.2. The highest BCUT2D eigenvalue weighted by molar-refractivity contribution is 5.92. The number of nitro benzene ring substituents is 1. The molecule has 0 spiro atoms. The van der Waals surface area contributed by atoms with Gasteiger partial charge in [-0.2, -0.15) is 0 Å². The van der Waals surface area contributed by atoms with Crippen LogP contribution in [-0.4, -0.2) is 24.0 Å². The minimum atomic E-state index is -0.433. The molecule has 0 unspecified atom stereocenters. The van der Waals surface area contributed by atoms with Crippen molar-refractivity contribution >= 4 is 23.0 Å². The smallest absolute Gasteiger partial charge is 0.269 e. The normalized spacial score (nSPS) is 10.3. The topological polar surface area (TPSA) is 103 Å². The monoisotopic (exact) mass is 435 g/mol. The van der Waals surface area contributed by atoms with E-state index in [0.29, 0.717) is 24.7 Å². The fraction of sp³-hybridized carbons (Fsp3) is 0.208. The number of non-ortho nitro benzene ring substituents is 1. The van der Waals surface area contributed by atoms with Crippen molar-refractivity contribution in [1.29, 1.82) is 0 Å². The van der Waals surface area contributed by atoms with Crippen LogP contribution >= 0.6 is 0 Å². The first-order chi connectivity index (χ1) is 15.4. The summed E-state index contributed by atoms with van der Waals surface area (Å²) in [6.07, 6.45) is 0. The molecule has 0 aliphatic rings. The van der Waals surface area contributed by atoms with Crippen molar-refractivity contribution in [3.05, 3.63) is 88.0 Å². The number of ether oxygens (including phenoxy) is 2. The second kappa shape index (κ2) is 10.8. The molecule has 8 heteroatoms. The number of hydrogen-bond donors (Lipinski definition) is 2. The summed E-state index contributed by atoms with van der Waals surface area (Å²) in [4.78, 5) is 22.6. The van der Waals surface area contributed by atoms with E-state index in [1.165, 1.54) is 12.1 Å². The van der Waals surface area contributed by atoms with Gasteiger partial charge in [0.25, 0.3) is 11.6 Å². The maximum Gasteiger partial charge on any atom is 0.269 e. The van der Waals surface area contributed by atoms with Gasteiger partial charge in [0, 0.05) is 30.1 Å². The number of rotatable bonds is 10. The fourth-order valence-electron chi connectivity index (χ4n) is 3.02. The second-order valence-electron chi connectivity index (χ2n) is 7.08. The summed E-state index contributed by atoms with van der Waals surface area (Å²) in [5.41, 5.74) is 3.52. The van der Waals surface area contributed by atoms with Gasteiger partial charge in [0.05, 0.1) is 11.5 Å². The van der Waals surface area contributed by atoms with Gasteiger partial charge >= 0.3 is 0 Å². The molecule has 0 aliphatic heterocycles. The number of nitro groups is 1. The van der Waals surface area contributed by atoms with Crippen molar-refractivity contribution in [2.24, 2.45) is 0 Å². The molecule has 0 heterocycles. The van der Waals surface area contributed by atoms with Crippen LogP contribution in [0.5, 0.6) is 11.5 Å². The Labute approximate surface area is 186 Å². The predicted octanol–water partition coefficient (Wildman–Crippen LogP) is 4.93. The van der Waals surface area contributed by atoms with Gasteiger partial charge in [0.1, 0.15) is 0 Å². The van der Waals surface area contributed by atoms with Gasteiger partial charge in [-0.15, -0.1) is 0 Å². The van der Waals surface area contributed by atoms with Gasteiger partial charge in [0.15, 0.2) is 18.1 Å². The molecule has 0 radical (unpaired) electrons. The zero-order valence-corrected chi connectivity index (χ0v) is 18.0. The van der Waals surface area contributed by atoms with Crippen molar-refractivity contribution in [1.82, 2.24) is 0 Å². The summed E-state index contributed by atoms with van der Waals surface area (Å²) in [6.45, 7) is 4.63. The molecule has 2 N–H and O–H groups in total. The zero-order valence-electron chi connectivity index (χ0n) is 18.0. The first kappa shape index (κ1) is 22.6. The van der Waals surface area contributed by atoms with Gasteiger partial charge < -0.3 is 20.1 Å². The van der Waals surface area contributed by atoms with Crippen molar-refractivity contribution in [2.45, 2.75) is 20.4 Å². The van der Waals surface area contributed by atoms with E-state index >= 15 is 0 Å². The van der Waals surface area contributed by atoms with Crippen LogP contribution in [0.2, 0.25) is 0 Å². The SMILES string of the molecule is CCOc1cc(CNc2ccc([N+](=O)[O-])cc2)ccc1OCC(=O)Nc1cccc(C)c1. The lowest BCUT2D eigenvalue weighted by atomic mass is 10.2. The van der Waals surface area contributed by atoms with Gasteiger partial charge in [-0.25, -0.2) is 0 Å². The third kappa shape index (κ3) is 6.46. The van der Waals surface area contributed by atoms with Crippen LogP contribution in [0.4, 0.5) is 17.1 Å². The maximum absolute atomic E-state index is 12.2. The lowest BCUT2D eigenvalue weighted by Crippen LogP contribution is -2.20. The molecule has 3 aromatic rings. The molecule has 0 bridgehead atoms. The minimum absolute atomic E-state index is 0.0436. The molecule has 3 rings (SSSR count). The molecule has 0 fully saturated rings. The average Bonchev–Trinajstić information content (AvgIpc) is 2.77.